The Bertz CT molecular complexity index is 588. The number of sulfone groups is 1. The average molecular weight is 425 g/mol. The van der Waals surface area contributed by atoms with Crippen molar-refractivity contribution in [3.05, 3.63) is 0 Å². The molecule has 0 radical (unpaired) electrons. The molecule has 0 aromatic rings. The minimum atomic E-state index is -3.60. The van der Waals surface area contributed by atoms with Crippen LogP contribution in [0.2, 0.25) is 0 Å². The smallest absolute Gasteiger partial charge is 0.175 e. The van der Waals surface area contributed by atoms with Crippen LogP contribution in [-0.4, -0.2) is 102 Å². The van der Waals surface area contributed by atoms with Crippen molar-refractivity contribution in [2.24, 2.45) is 0 Å². The first-order valence-electron chi connectivity index (χ1n) is 8.74. The third-order valence-electron chi connectivity index (χ3n) is 3.91. The van der Waals surface area contributed by atoms with Crippen LogP contribution >= 0.6 is 24.4 Å². The fourth-order valence-electron chi connectivity index (χ4n) is 2.49. The molecule has 0 aliphatic rings. The summed E-state index contributed by atoms with van der Waals surface area (Å²) < 4.78 is 24.7. The lowest BCUT2D eigenvalue weighted by molar-refractivity contribution is -0.116. The van der Waals surface area contributed by atoms with E-state index in [0.29, 0.717) is 23.3 Å². The van der Waals surface area contributed by atoms with Gasteiger partial charge in [-0.15, -0.1) is 0 Å². The van der Waals surface area contributed by atoms with E-state index in [4.69, 9.17) is 24.4 Å². The number of nitrogens with zero attached hydrogens (tertiary/aromatic N) is 4. The summed E-state index contributed by atoms with van der Waals surface area (Å²) in [7, 11) is -0.269. The van der Waals surface area contributed by atoms with Gasteiger partial charge >= 0.3 is 0 Å². The van der Waals surface area contributed by atoms with Crippen LogP contribution in [0.15, 0.2) is 0 Å². The molecule has 0 amide bonds. The number of hydrogen-bond donors (Lipinski definition) is 0. The lowest BCUT2D eigenvalue weighted by Crippen LogP contribution is -2.45. The highest BCUT2D eigenvalue weighted by Gasteiger charge is 2.23. The Hall–Kier alpha value is -1.00. The van der Waals surface area contributed by atoms with Crippen LogP contribution in [0.1, 0.15) is 27.7 Å². The van der Waals surface area contributed by atoms with Gasteiger partial charge in [0, 0.05) is 40.3 Å². The second kappa shape index (κ2) is 11.7. The van der Waals surface area contributed by atoms with E-state index in [0.717, 1.165) is 13.1 Å². The van der Waals surface area contributed by atoms with E-state index in [1.54, 1.807) is 19.0 Å². The Morgan fingerprint density at radius 1 is 0.808 bits per heavy atom. The van der Waals surface area contributed by atoms with Crippen molar-refractivity contribution in [3.8, 4) is 0 Å². The van der Waals surface area contributed by atoms with Crippen molar-refractivity contribution in [1.29, 1.82) is 0 Å². The van der Waals surface area contributed by atoms with Crippen molar-refractivity contribution >= 4 is 50.3 Å². The van der Waals surface area contributed by atoms with Crippen LogP contribution in [0.3, 0.4) is 0 Å². The Morgan fingerprint density at radius 2 is 1.19 bits per heavy atom. The molecule has 0 atom stereocenters. The Balaban J connectivity index is 4.77. The van der Waals surface area contributed by atoms with Crippen LogP contribution in [-0.2, 0) is 14.6 Å². The quantitative estimate of drug-likeness (QED) is 0.479. The minimum absolute atomic E-state index is 0.0290. The topological polar surface area (TPSA) is 64.2 Å². The Morgan fingerprint density at radius 3 is 1.58 bits per heavy atom. The fourth-order valence-corrected chi connectivity index (χ4v) is 4.60. The summed E-state index contributed by atoms with van der Waals surface area (Å²) in [5.41, 5.74) is 0. The van der Waals surface area contributed by atoms with Gasteiger partial charge in [-0.2, -0.15) is 0 Å². The molecule has 0 aliphatic heterocycles. The molecule has 0 unspecified atom stereocenters. The van der Waals surface area contributed by atoms with Crippen LogP contribution in [0.4, 0.5) is 0 Å². The summed E-state index contributed by atoms with van der Waals surface area (Å²) in [6, 6.07) is 0. The lowest BCUT2D eigenvalue weighted by Gasteiger charge is -2.30. The summed E-state index contributed by atoms with van der Waals surface area (Å²) in [6.07, 6.45) is 0. The van der Waals surface area contributed by atoms with Crippen molar-refractivity contribution in [1.82, 2.24) is 19.6 Å². The molecule has 0 spiro atoms. The van der Waals surface area contributed by atoms with E-state index in [2.05, 4.69) is 0 Å². The maximum absolute atomic E-state index is 12.4. The number of carbonyl (C=O) groups is 1. The molecule has 0 saturated carbocycles. The first-order valence-corrected chi connectivity index (χ1v) is 11.4. The molecule has 26 heavy (non-hydrogen) atoms. The van der Waals surface area contributed by atoms with Gasteiger partial charge in [-0.3, -0.25) is 4.79 Å². The van der Waals surface area contributed by atoms with Gasteiger partial charge in [0.2, 0.25) is 0 Å². The third kappa shape index (κ3) is 8.13. The van der Waals surface area contributed by atoms with E-state index in [1.807, 2.05) is 37.5 Å². The van der Waals surface area contributed by atoms with Crippen LogP contribution in [0.5, 0.6) is 0 Å². The molecular formula is C16H32N4O3S3. The van der Waals surface area contributed by atoms with E-state index >= 15 is 0 Å². The SMILES string of the molecule is CCN(CC)C(=S)N(C)CC(=O)CS(=O)(=O)CN(C)C(=S)N(CC)CC. The first kappa shape index (κ1) is 25.0. The fraction of sp³-hybridized carbons (Fsp3) is 0.812. The highest BCUT2D eigenvalue weighted by molar-refractivity contribution is 7.92. The number of thiocarbonyl (C=S) groups is 2. The largest absolute Gasteiger partial charge is 0.350 e. The molecule has 0 rings (SSSR count). The molecule has 0 aromatic carbocycles. The normalized spacial score (nSPS) is 11.0. The second-order valence-corrected chi connectivity index (χ2v) is 8.78. The van der Waals surface area contributed by atoms with Crippen LogP contribution in [0, 0.1) is 0 Å². The second-order valence-electron chi connectivity index (χ2n) is 6.02. The van der Waals surface area contributed by atoms with Gasteiger partial charge < -0.3 is 19.6 Å². The minimum Gasteiger partial charge on any atom is -0.350 e. The van der Waals surface area contributed by atoms with Crippen LogP contribution < -0.4 is 0 Å². The molecule has 0 N–H and O–H groups in total. The Labute approximate surface area is 169 Å². The summed E-state index contributed by atoms with van der Waals surface area (Å²) in [5, 5.41) is 1.01. The van der Waals surface area contributed by atoms with Gasteiger partial charge in [0.05, 0.1) is 6.54 Å². The summed E-state index contributed by atoms with van der Waals surface area (Å²) >= 11 is 10.6. The van der Waals surface area contributed by atoms with Crippen molar-refractivity contribution in [2.75, 3.05) is 58.4 Å². The molecule has 0 aliphatic carbocycles. The number of rotatable bonds is 10. The van der Waals surface area contributed by atoms with E-state index in [-0.39, 0.29) is 18.2 Å². The zero-order valence-electron chi connectivity index (χ0n) is 16.7. The summed E-state index contributed by atoms with van der Waals surface area (Å²) in [5.74, 6) is -1.19. The van der Waals surface area contributed by atoms with Gasteiger partial charge in [-0.05, 0) is 52.1 Å². The van der Waals surface area contributed by atoms with E-state index in [1.165, 1.54) is 4.90 Å². The van der Waals surface area contributed by atoms with Gasteiger partial charge in [0.1, 0.15) is 11.6 Å². The summed E-state index contributed by atoms with van der Waals surface area (Å²) in [4.78, 5) is 19.2. The molecule has 152 valence electrons. The number of carbonyl (C=O) groups excluding carboxylic acids is 1. The van der Waals surface area contributed by atoms with Crippen molar-refractivity contribution in [3.63, 3.8) is 0 Å². The summed E-state index contributed by atoms with van der Waals surface area (Å²) in [6.45, 7) is 10.7. The monoisotopic (exact) mass is 424 g/mol. The maximum atomic E-state index is 12.4. The van der Waals surface area contributed by atoms with Gasteiger partial charge in [-0.1, -0.05) is 0 Å². The number of hydrogen-bond acceptors (Lipinski definition) is 5. The lowest BCUT2D eigenvalue weighted by atomic mass is 10.4. The maximum Gasteiger partial charge on any atom is 0.175 e. The predicted octanol–water partition coefficient (Wildman–Crippen LogP) is 1.04. The number of Topliss-reactive ketones (excluding diaryl/α,β-unsaturated/α-hetero) is 1. The molecule has 0 aromatic heterocycles. The highest BCUT2D eigenvalue weighted by atomic mass is 32.2. The molecule has 0 saturated heterocycles. The van der Waals surface area contributed by atoms with Gasteiger partial charge in [-0.25, -0.2) is 8.42 Å². The van der Waals surface area contributed by atoms with E-state index in [9.17, 15) is 13.2 Å². The van der Waals surface area contributed by atoms with E-state index < -0.39 is 15.6 Å². The van der Waals surface area contributed by atoms with Crippen LogP contribution in [0.25, 0.3) is 0 Å². The zero-order chi connectivity index (χ0) is 20.5. The molecule has 10 heteroatoms. The first-order chi connectivity index (χ1) is 12.0. The predicted molar refractivity (Wildman–Crippen MR) is 115 cm³/mol. The van der Waals surface area contributed by atoms with Gasteiger partial charge in [0.15, 0.2) is 25.8 Å². The van der Waals surface area contributed by atoms with Gasteiger partial charge in [0.25, 0.3) is 0 Å². The average Bonchev–Trinajstić information content (AvgIpc) is 2.55. The number of likely N-dealkylation sites (N-methyl/N-ethyl adjacent to an activating group) is 1. The van der Waals surface area contributed by atoms with Crippen molar-refractivity contribution < 1.29 is 13.2 Å². The molecule has 0 bridgehead atoms. The molecular weight excluding hydrogens is 392 g/mol. The zero-order valence-corrected chi connectivity index (χ0v) is 19.1. The number of ketones is 1. The Kier molecular flexibility index (Phi) is 11.2. The van der Waals surface area contributed by atoms with Crippen molar-refractivity contribution in [2.45, 2.75) is 27.7 Å². The third-order valence-corrected chi connectivity index (χ3v) is 6.59. The molecule has 7 nitrogen and oxygen atoms in total. The molecule has 0 fully saturated rings. The standard InChI is InChI=1S/C16H32N4O3S3/c1-7-19(8-2)15(24)17(5)11-14(21)12-26(22,23)13-18(6)16(25)20(9-3)10-4/h7-13H2,1-6H3. The molecule has 0 heterocycles. The highest BCUT2D eigenvalue weighted by Crippen LogP contribution is 2.03.